The summed E-state index contributed by atoms with van der Waals surface area (Å²) in [5, 5.41) is 0. The zero-order chi connectivity index (χ0) is 40.1. The van der Waals surface area contributed by atoms with Gasteiger partial charge in [-0.05, 0) is 84.9 Å². The molecule has 0 unspecified atom stereocenters. The lowest BCUT2D eigenvalue weighted by Gasteiger charge is -2.12. The molecule has 0 aliphatic rings. The van der Waals surface area contributed by atoms with Gasteiger partial charge in [0.1, 0.15) is 0 Å². The predicted molar refractivity (Wildman–Crippen MR) is 240 cm³/mol. The first-order valence-electron chi connectivity index (χ1n) is 19.7. The third kappa shape index (κ3) is 7.71. The number of rotatable bonds is 9. The molecule has 0 saturated carbocycles. The Labute approximate surface area is 347 Å². The molecule has 0 N–H and O–H groups in total. The van der Waals surface area contributed by atoms with Crippen LogP contribution >= 0.6 is 0 Å². The van der Waals surface area contributed by atoms with Crippen LogP contribution in [0.5, 0.6) is 0 Å². The number of benzene rings is 4. The molecule has 6 aromatic heterocycles. The SMILES string of the molecule is c1ccc(-c2cccc(-c3cccc(-c4cc(-c5cccc(-c6cccc(-c7ccccn7)n6)c5)nc(-c5cccc(-c6cccc(-c7ccccn7)n6)c5)n4)c3)n2)cc1. The van der Waals surface area contributed by atoms with Crippen LogP contribution in [0.4, 0.5) is 0 Å². The Bertz CT molecular complexity index is 2750. The van der Waals surface area contributed by atoms with Crippen LogP contribution in [0, 0.1) is 0 Å². The number of hydrogen-bond donors (Lipinski definition) is 0. The van der Waals surface area contributed by atoms with Gasteiger partial charge in [-0.15, -0.1) is 0 Å². The van der Waals surface area contributed by atoms with Gasteiger partial charge in [0.15, 0.2) is 5.82 Å². The maximum absolute atomic E-state index is 5.24. The molecule has 0 aliphatic carbocycles. The van der Waals surface area contributed by atoms with Crippen molar-refractivity contribution >= 4 is 0 Å². The molecule has 7 nitrogen and oxygen atoms in total. The van der Waals surface area contributed by atoms with Crippen LogP contribution in [0.3, 0.4) is 0 Å². The quantitative estimate of drug-likeness (QED) is 0.144. The summed E-state index contributed by atoms with van der Waals surface area (Å²) in [7, 11) is 0. The molecule has 0 amide bonds. The summed E-state index contributed by atoms with van der Waals surface area (Å²) in [4.78, 5) is 34.6. The van der Waals surface area contributed by atoms with Crippen LogP contribution in [0.1, 0.15) is 0 Å². The van der Waals surface area contributed by atoms with Crippen LogP contribution in [-0.4, -0.2) is 34.9 Å². The number of nitrogens with zero attached hydrogens (tertiary/aromatic N) is 7. The van der Waals surface area contributed by atoms with Gasteiger partial charge in [0.2, 0.25) is 0 Å². The Kier molecular flexibility index (Phi) is 9.79. The Morgan fingerprint density at radius 1 is 0.200 bits per heavy atom. The van der Waals surface area contributed by atoms with Crippen LogP contribution in [0.15, 0.2) is 213 Å². The minimum Gasteiger partial charge on any atom is -0.255 e. The van der Waals surface area contributed by atoms with Crippen molar-refractivity contribution in [1.29, 1.82) is 0 Å². The smallest absolute Gasteiger partial charge is 0.160 e. The predicted octanol–water partition coefficient (Wildman–Crippen LogP) is 12.5. The van der Waals surface area contributed by atoms with E-state index in [2.05, 4.69) is 88.8 Å². The second-order valence-electron chi connectivity index (χ2n) is 14.2. The fraction of sp³-hybridized carbons (Fsp3) is 0. The Balaban J connectivity index is 1.07. The van der Waals surface area contributed by atoms with Crippen molar-refractivity contribution < 1.29 is 0 Å². The van der Waals surface area contributed by atoms with E-state index in [1.54, 1.807) is 12.4 Å². The van der Waals surface area contributed by atoms with E-state index in [4.69, 9.17) is 24.9 Å². The van der Waals surface area contributed by atoms with Gasteiger partial charge in [-0.25, -0.2) is 24.9 Å². The van der Waals surface area contributed by atoms with Gasteiger partial charge in [-0.3, -0.25) is 9.97 Å². The highest BCUT2D eigenvalue weighted by Gasteiger charge is 2.15. The van der Waals surface area contributed by atoms with Gasteiger partial charge in [0.05, 0.1) is 56.9 Å². The van der Waals surface area contributed by atoms with E-state index < -0.39 is 0 Å². The molecular weight excluding hydrogens is 735 g/mol. The van der Waals surface area contributed by atoms with Gasteiger partial charge in [0.25, 0.3) is 0 Å². The van der Waals surface area contributed by atoms with Crippen LogP contribution in [0.25, 0.3) is 102 Å². The average Bonchev–Trinajstić information content (AvgIpc) is 3.35. The first-order chi connectivity index (χ1) is 29.7. The van der Waals surface area contributed by atoms with E-state index in [0.717, 1.165) is 95.9 Å². The molecule has 0 aliphatic heterocycles. The van der Waals surface area contributed by atoms with Gasteiger partial charge >= 0.3 is 0 Å². The summed E-state index contributed by atoms with van der Waals surface area (Å²) in [6.45, 7) is 0. The maximum atomic E-state index is 5.24. The second-order valence-corrected chi connectivity index (χ2v) is 14.2. The van der Waals surface area contributed by atoms with Crippen molar-refractivity contribution in [2.75, 3.05) is 0 Å². The van der Waals surface area contributed by atoms with E-state index in [9.17, 15) is 0 Å². The number of aromatic nitrogens is 7. The molecule has 4 aromatic carbocycles. The average molecular weight is 770 g/mol. The first kappa shape index (κ1) is 36.1. The zero-order valence-corrected chi connectivity index (χ0v) is 32.3. The lowest BCUT2D eigenvalue weighted by atomic mass is 10.0. The van der Waals surface area contributed by atoms with E-state index >= 15 is 0 Å². The standard InChI is InChI=1S/C53H35N7/c1-2-14-36(15-3-1)43-24-11-25-44(56-43)37-16-8-19-40(32-37)51-35-52(41-20-9-17-38(33-41)45-26-12-28-49(57-45)47-22-4-6-30-54-47)60-53(59-51)42-21-10-18-39(34-42)46-27-13-29-50(58-46)48-23-5-7-31-55-48/h1-35H. The normalized spacial score (nSPS) is 11.0. The molecule has 10 rings (SSSR count). The third-order valence-electron chi connectivity index (χ3n) is 10.2. The van der Waals surface area contributed by atoms with Gasteiger partial charge in [0, 0.05) is 51.3 Å². The van der Waals surface area contributed by atoms with E-state index in [0.29, 0.717) is 5.82 Å². The van der Waals surface area contributed by atoms with Crippen molar-refractivity contribution in [3.63, 3.8) is 0 Å². The lowest BCUT2D eigenvalue weighted by Crippen LogP contribution is -1.97. The van der Waals surface area contributed by atoms with E-state index in [1.807, 2.05) is 121 Å². The highest BCUT2D eigenvalue weighted by Crippen LogP contribution is 2.34. The summed E-state index contributed by atoms with van der Waals surface area (Å²) in [5.74, 6) is 0.598. The van der Waals surface area contributed by atoms with E-state index in [-0.39, 0.29) is 0 Å². The third-order valence-corrected chi connectivity index (χ3v) is 10.2. The lowest BCUT2D eigenvalue weighted by molar-refractivity contribution is 1.18. The maximum Gasteiger partial charge on any atom is 0.160 e. The number of hydrogen-bond acceptors (Lipinski definition) is 7. The summed E-state index contributed by atoms with van der Waals surface area (Å²) in [6.07, 6.45) is 3.57. The Hall–Kier alpha value is -8.29. The van der Waals surface area contributed by atoms with E-state index in [1.165, 1.54) is 0 Å². The van der Waals surface area contributed by atoms with Gasteiger partial charge in [-0.1, -0.05) is 115 Å². The molecule has 7 heteroatoms. The van der Waals surface area contributed by atoms with Crippen LogP contribution in [-0.2, 0) is 0 Å². The molecule has 6 heterocycles. The molecule has 10 aromatic rings. The van der Waals surface area contributed by atoms with Crippen LogP contribution in [0.2, 0.25) is 0 Å². The van der Waals surface area contributed by atoms with Crippen molar-refractivity contribution in [3.05, 3.63) is 213 Å². The molecule has 0 saturated heterocycles. The van der Waals surface area contributed by atoms with Crippen molar-refractivity contribution in [2.24, 2.45) is 0 Å². The van der Waals surface area contributed by atoms with Crippen LogP contribution < -0.4 is 0 Å². The molecule has 60 heavy (non-hydrogen) atoms. The van der Waals surface area contributed by atoms with Crippen molar-refractivity contribution in [2.45, 2.75) is 0 Å². The summed E-state index contributed by atoms with van der Waals surface area (Å²) < 4.78 is 0. The van der Waals surface area contributed by atoms with Crippen molar-refractivity contribution in [1.82, 2.24) is 34.9 Å². The minimum atomic E-state index is 0.598. The molecule has 0 atom stereocenters. The summed E-state index contributed by atoms with van der Waals surface area (Å²) in [5.41, 5.74) is 15.1. The Morgan fingerprint density at radius 2 is 0.533 bits per heavy atom. The van der Waals surface area contributed by atoms with Gasteiger partial charge in [-0.2, -0.15) is 0 Å². The first-order valence-corrected chi connectivity index (χ1v) is 19.7. The fourth-order valence-corrected chi connectivity index (χ4v) is 7.24. The highest BCUT2D eigenvalue weighted by molar-refractivity contribution is 5.79. The molecule has 0 fully saturated rings. The molecule has 0 spiro atoms. The second kappa shape index (κ2) is 16.3. The number of pyridine rings is 5. The largest absolute Gasteiger partial charge is 0.255 e. The molecule has 282 valence electrons. The Morgan fingerprint density at radius 3 is 1.00 bits per heavy atom. The topological polar surface area (TPSA) is 90.2 Å². The summed E-state index contributed by atoms with van der Waals surface area (Å²) in [6, 6.07) is 67.2. The van der Waals surface area contributed by atoms with Crippen molar-refractivity contribution in [3.8, 4) is 102 Å². The molecule has 0 bridgehead atoms. The summed E-state index contributed by atoms with van der Waals surface area (Å²) >= 11 is 0. The highest BCUT2D eigenvalue weighted by atomic mass is 14.9. The fourth-order valence-electron chi connectivity index (χ4n) is 7.24. The molecule has 0 radical (unpaired) electrons. The monoisotopic (exact) mass is 769 g/mol. The minimum absolute atomic E-state index is 0.598. The molecular formula is C53H35N7. The zero-order valence-electron chi connectivity index (χ0n) is 32.3. The van der Waals surface area contributed by atoms with Gasteiger partial charge < -0.3 is 0 Å².